The molecule has 90 valence electrons. The van der Waals surface area contributed by atoms with Gasteiger partial charge in [-0.1, -0.05) is 30.3 Å². The number of carbonyl (C=O) groups is 1. The van der Waals surface area contributed by atoms with Crippen molar-refractivity contribution in [1.82, 2.24) is 4.98 Å². The molecule has 1 heterocycles. The average molecular weight is 238 g/mol. The highest BCUT2D eigenvalue weighted by molar-refractivity contribution is 5.95. The second-order valence-electron chi connectivity index (χ2n) is 4.58. The van der Waals surface area contributed by atoms with Crippen molar-refractivity contribution >= 4 is 11.6 Å². The lowest BCUT2D eigenvalue weighted by Gasteiger charge is -2.04. The second-order valence-corrected chi connectivity index (χ2v) is 4.58. The summed E-state index contributed by atoms with van der Waals surface area (Å²) in [6.07, 6.45) is 4.30. The first kappa shape index (κ1) is 11.0. The molecular weight excluding hydrogens is 224 g/mol. The summed E-state index contributed by atoms with van der Waals surface area (Å²) in [6, 6.07) is 13.8. The predicted molar refractivity (Wildman–Crippen MR) is 70.2 cm³/mol. The Morgan fingerprint density at radius 1 is 1.11 bits per heavy atom. The molecule has 2 aromatic rings. The quantitative estimate of drug-likeness (QED) is 0.893. The highest BCUT2D eigenvalue weighted by atomic mass is 16.2. The van der Waals surface area contributed by atoms with Crippen LogP contribution in [-0.2, 0) is 4.79 Å². The van der Waals surface area contributed by atoms with E-state index < -0.39 is 0 Å². The van der Waals surface area contributed by atoms with Crippen molar-refractivity contribution in [2.24, 2.45) is 5.92 Å². The Labute approximate surface area is 106 Å². The number of rotatable bonds is 3. The van der Waals surface area contributed by atoms with Crippen LogP contribution in [0.25, 0.3) is 0 Å². The van der Waals surface area contributed by atoms with Gasteiger partial charge in [-0.25, -0.2) is 0 Å². The van der Waals surface area contributed by atoms with E-state index in [-0.39, 0.29) is 11.8 Å². The van der Waals surface area contributed by atoms with Gasteiger partial charge in [-0.2, -0.15) is 0 Å². The molecule has 1 fully saturated rings. The molecule has 18 heavy (non-hydrogen) atoms. The Morgan fingerprint density at radius 2 is 1.83 bits per heavy atom. The highest BCUT2D eigenvalue weighted by Crippen LogP contribution is 2.47. The lowest BCUT2D eigenvalue weighted by atomic mass is 10.1. The van der Waals surface area contributed by atoms with Gasteiger partial charge in [-0.05, 0) is 30.0 Å². The van der Waals surface area contributed by atoms with Gasteiger partial charge >= 0.3 is 0 Å². The average Bonchev–Trinajstić information content (AvgIpc) is 3.21. The summed E-state index contributed by atoms with van der Waals surface area (Å²) < 4.78 is 0. The van der Waals surface area contributed by atoms with E-state index in [9.17, 15) is 4.79 Å². The fourth-order valence-electron chi connectivity index (χ4n) is 2.22. The lowest BCUT2D eigenvalue weighted by Crippen LogP contribution is -2.14. The topological polar surface area (TPSA) is 42.0 Å². The smallest absolute Gasteiger partial charge is 0.228 e. The molecule has 3 heteroatoms. The van der Waals surface area contributed by atoms with Crippen LogP contribution < -0.4 is 5.32 Å². The summed E-state index contributed by atoms with van der Waals surface area (Å²) in [6.45, 7) is 0. The molecule has 2 atom stereocenters. The highest BCUT2D eigenvalue weighted by Gasteiger charge is 2.43. The van der Waals surface area contributed by atoms with E-state index in [2.05, 4.69) is 22.4 Å². The summed E-state index contributed by atoms with van der Waals surface area (Å²) in [5.41, 5.74) is 2.07. The Morgan fingerprint density at radius 3 is 2.56 bits per heavy atom. The fourth-order valence-corrected chi connectivity index (χ4v) is 2.22. The third kappa shape index (κ3) is 2.25. The first-order valence-corrected chi connectivity index (χ1v) is 6.10. The molecule has 1 saturated carbocycles. The molecule has 0 saturated heterocycles. The Bertz CT molecular complexity index is 539. The van der Waals surface area contributed by atoms with Gasteiger partial charge in [-0.15, -0.1) is 0 Å². The lowest BCUT2D eigenvalue weighted by molar-refractivity contribution is -0.117. The maximum Gasteiger partial charge on any atom is 0.228 e. The van der Waals surface area contributed by atoms with E-state index in [0.717, 1.165) is 12.1 Å². The van der Waals surface area contributed by atoms with Crippen molar-refractivity contribution in [1.29, 1.82) is 0 Å². The van der Waals surface area contributed by atoms with Gasteiger partial charge in [0.15, 0.2) is 0 Å². The van der Waals surface area contributed by atoms with Crippen molar-refractivity contribution < 1.29 is 4.79 Å². The van der Waals surface area contributed by atoms with Crippen LogP contribution in [0, 0.1) is 5.92 Å². The third-order valence-corrected chi connectivity index (χ3v) is 3.30. The SMILES string of the molecule is O=C(Nc1ccncc1)[C@@H]1C[C@@H]1c1ccccc1. The zero-order valence-electron chi connectivity index (χ0n) is 9.91. The summed E-state index contributed by atoms with van der Waals surface area (Å²) in [5, 5.41) is 2.92. The Kier molecular flexibility index (Phi) is 2.81. The zero-order valence-corrected chi connectivity index (χ0v) is 9.91. The number of hydrogen-bond acceptors (Lipinski definition) is 2. The molecule has 0 spiro atoms. The molecule has 1 aromatic heterocycles. The van der Waals surface area contributed by atoms with Crippen LogP contribution in [0.15, 0.2) is 54.9 Å². The minimum Gasteiger partial charge on any atom is -0.326 e. The van der Waals surface area contributed by atoms with Crippen molar-refractivity contribution in [2.75, 3.05) is 5.32 Å². The van der Waals surface area contributed by atoms with Crippen LogP contribution in [0.4, 0.5) is 5.69 Å². The molecule has 1 aliphatic rings. The summed E-state index contributed by atoms with van der Waals surface area (Å²) in [7, 11) is 0. The molecule has 0 unspecified atom stereocenters. The van der Waals surface area contributed by atoms with E-state index in [1.165, 1.54) is 5.56 Å². The summed E-state index contributed by atoms with van der Waals surface area (Å²) in [5.74, 6) is 0.601. The third-order valence-electron chi connectivity index (χ3n) is 3.30. The molecule has 1 amide bonds. The molecule has 0 aliphatic heterocycles. The number of nitrogens with zero attached hydrogens (tertiary/aromatic N) is 1. The number of anilines is 1. The number of aromatic nitrogens is 1. The van der Waals surface area contributed by atoms with Gasteiger partial charge < -0.3 is 5.32 Å². The largest absolute Gasteiger partial charge is 0.326 e. The van der Waals surface area contributed by atoms with E-state index in [1.807, 2.05) is 18.2 Å². The maximum absolute atomic E-state index is 12.0. The molecule has 3 nitrogen and oxygen atoms in total. The standard InChI is InChI=1S/C15H14N2O/c18-15(17-12-6-8-16-9-7-12)14-10-13(14)11-4-2-1-3-5-11/h1-9,13-14H,10H2,(H,16,17,18)/t13-,14-/m1/s1. The van der Waals surface area contributed by atoms with E-state index >= 15 is 0 Å². The van der Waals surface area contributed by atoms with Crippen molar-refractivity contribution in [3.05, 3.63) is 60.4 Å². The van der Waals surface area contributed by atoms with Gasteiger partial charge in [0.1, 0.15) is 0 Å². The Balaban J connectivity index is 1.63. The summed E-state index contributed by atoms with van der Waals surface area (Å²) in [4.78, 5) is 16.0. The predicted octanol–water partition coefficient (Wildman–Crippen LogP) is 2.82. The van der Waals surface area contributed by atoms with Crippen LogP contribution in [0.3, 0.4) is 0 Å². The molecule has 1 N–H and O–H groups in total. The number of benzene rings is 1. The van der Waals surface area contributed by atoms with Crippen LogP contribution in [-0.4, -0.2) is 10.9 Å². The molecule has 0 bridgehead atoms. The van der Waals surface area contributed by atoms with E-state index in [1.54, 1.807) is 24.5 Å². The molecule has 1 aliphatic carbocycles. The monoisotopic (exact) mass is 238 g/mol. The number of pyridine rings is 1. The van der Waals surface area contributed by atoms with Gasteiger partial charge in [0, 0.05) is 24.0 Å². The van der Waals surface area contributed by atoms with Gasteiger partial charge in [-0.3, -0.25) is 9.78 Å². The van der Waals surface area contributed by atoms with Crippen LogP contribution in [0.5, 0.6) is 0 Å². The first-order chi connectivity index (χ1) is 8.84. The van der Waals surface area contributed by atoms with Crippen molar-refractivity contribution in [2.45, 2.75) is 12.3 Å². The van der Waals surface area contributed by atoms with Gasteiger partial charge in [0.2, 0.25) is 5.91 Å². The van der Waals surface area contributed by atoms with E-state index in [0.29, 0.717) is 5.92 Å². The zero-order chi connectivity index (χ0) is 12.4. The van der Waals surface area contributed by atoms with Gasteiger partial charge in [0.25, 0.3) is 0 Å². The Hall–Kier alpha value is -2.16. The fraction of sp³-hybridized carbons (Fsp3) is 0.200. The van der Waals surface area contributed by atoms with Crippen LogP contribution in [0.1, 0.15) is 17.9 Å². The van der Waals surface area contributed by atoms with Crippen LogP contribution >= 0.6 is 0 Å². The second kappa shape index (κ2) is 4.61. The number of hydrogen-bond donors (Lipinski definition) is 1. The number of amides is 1. The van der Waals surface area contributed by atoms with E-state index in [4.69, 9.17) is 0 Å². The first-order valence-electron chi connectivity index (χ1n) is 6.10. The molecule has 1 aromatic carbocycles. The minimum atomic E-state index is 0.107. The normalized spacial score (nSPS) is 21.3. The van der Waals surface area contributed by atoms with Crippen LogP contribution in [0.2, 0.25) is 0 Å². The molecule has 3 rings (SSSR count). The molecular formula is C15H14N2O. The van der Waals surface area contributed by atoms with Crippen molar-refractivity contribution in [3.8, 4) is 0 Å². The van der Waals surface area contributed by atoms with Gasteiger partial charge in [0.05, 0.1) is 0 Å². The minimum absolute atomic E-state index is 0.107. The van der Waals surface area contributed by atoms with Crippen molar-refractivity contribution in [3.63, 3.8) is 0 Å². The molecule has 0 radical (unpaired) electrons. The number of nitrogens with one attached hydrogen (secondary N) is 1. The summed E-state index contributed by atoms with van der Waals surface area (Å²) >= 11 is 0. The number of carbonyl (C=O) groups excluding carboxylic acids is 1. The maximum atomic E-state index is 12.0.